The number of Topliss-reactive ketones (excluding diaryl/α,β-unsaturated/α-hetero) is 2. The molecule has 4 nitrogen and oxygen atoms in total. The van der Waals surface area contributed by atoms with Crippen molar-refractivity contribution in [1.82, 2.24) is 5.32 Å². The summed E-state index contributed by atoms with van der Waals surface area (Å²) in [6, 6.07) is 14.5. The van der Waals surface area contributed by atoms with E-state index in [9.17, 15) is 14.9 Å². The van der Waals surface area contributed by atoms with Crippen molar-refractivity contribution in [2.24, 2.45) is 0 Å². The maximum atomic E-state index is 12.7. The van der Waals surface area contributed by atoms with Gasteiger partial charge in [-0.15, -0.1) is 0 Å². The zero-order chi connectivity index (χ0) is 22.7. The van der Waals surface area contributed by atoms with Gasteiger partial charge in [0.05, 0.1) is 33.4 Å². The number of thioether (sulfide) groups is 1. The number of nitrogens with zero attached hydrogens (tertiary/aromatic N) is 1. The Balaban J connectivity index is 1.95. The standard InChI is InChI=1S/C23H17BrCl2N2O2S/c1-12-21(13(2)29)22(14-3-5-15(24)6-4-14)18(10-27)23(28-12)31-11-20(30)17-8-7-16(25)9-19(17)26/h3-9,22,28H,11H2,1-2H3. The SMILES string of the molecule is CC(=O)C1=C(C)NC(SCC(=O)c2ccc(Cl)cc2Cl)=C(C#N)C1c1ccc(Br)cc1. The van der Waals surface area contributed by atoms with Gasteiger partial charge in [-0.2, -0.15) is 5.26 Å². The van der Waals surface area contributed by atoms with Gasteiger partial charge in [0.25, 0.3) is 0 Å². The van der Waals surface area contributed by atoms with Gasteiger partial charge in [-0.25, -0.2) is 0 Å². The second-order valence-corrected chi connectivity index (χ2v) is 9.64. The first-order valence-electron chi connectivity index (χ1n) is 9.22. The Bertz CT molecular complexity index is 1170. The lowest BCUT2D eigenvalue weighted by atomic mass is 9.81. The second-order valence-electron chi connectivity index (χ2n) is 6.90. The van der Waals surface area contributed by atoms with Crippen molar-refractivity contribution < 1.29 is 9.59 Å². The van der Waals surface area contributed by atoms with Gasteiger partial charge >= 0.3 is 0 Å². The minimum atomic E-state index is -0.506. The molecular formula is C23H17BrCl2N2O2S. The number of nitrogens with one attached hydrogen (secondary N) is 1. The number of nitriles is 1. The third kappa shape index (κ3) is 5.24. The first-order valence-corrected chi connectivity index (χ1v) is 11.8. The van der Waals surface area contributed by atoms with Crippen LogP contribution in [-0.4, -0.2) is 17.3 Å². The van der Waals surface area contributed by atoms with Crippen molar-refractivity contribution in [3.8, 4) is 6.07 Å². The van der Waals surface area contributed by atoms with Crippen LogP contribution in [0.3, 0.4) is 0 Å². The summed E-state index contributed by atoms with van der Waals surface area (Å²) in [5, 5.41) is 14.4. The second kappa shape index (κ2) is 10.1. The smallest absolute Gasteiger partial charge is 0.174 e. The summed E-state index contributed by atoms with van der Waals surface area (Å²) in [6.07, 6.45) is 0. The number of carbonyl (C=O) groups is 2. The van der Waals surface area contributed by atoms with Gasteiger partial charge < -0.3 is 5.32 Å². The summed E-state index contributed by atoms with van der Waals surface area (Å²) in [7, 11) is 0. The van der Waals surface area contributed by atoms with E-state index in [1.165, 1.54) is 24.8 Å². The van der Waals surface area contributed by atoms with Crippen molar-refractivity contribution >= 4 is 62.5 Å². The Morgan fingerprint density at radius 3 is 2.45 bits per heavy atom. The zero-order valence-electron chi connectivity index (χ0n) is 16.6. The summed E-state index contributed by atoms with van der Waals surface area (Å²) in [6.45, 7) is 3.29. The van der Waals surface area contributed by atoms with Crippen LogP contribution in [0.4, 0.5) is 0 Å². The number of allylic oxidation sites excluding steroid dienone is 3. The molecule has 0 amide bonds. The van der Waals surface area contributed by atoms with Gasteiger partial charge in [-0.3, -0.25) is 9.59 Å². The van der Waals surface area contributed by atoms with E-state index in [1.807, 2.05) is 24.3 Å². The highest BCUT2D eigenvalue weighted by Gasteiger charge is 2.33. The van der Waals surface area contributed by atoms with Crippen LogP contribution in [0.25, 0.3) is 0 Å². The zero-order valence-corrected chi connectivity index (χ0v) is 20.5. The van der Waals surface area contributed by atoms with E-state index in [2.05, 4.69) is 27.3 Å². The topological polar surface area (TPSA) is 70.0 Å². The molecule has 1 N–H and O–H groups in total. The summed E-state index contributed by atoms with van der Waals surface area (Å²) in [5.41, 5.74) is 2.80. The first-order chi connectivity index (χ1) is 14.7. The van der Waals surface area contributed by atoms with E-state index in [0.29, 0.717) is 32.5 Å². The third-order valence-electron chi connectivity index (χ3n) is 4.81. The highest BCUT2D eigenvalue weighted by atomic mass is 79.9. The van der Waals surface area contributed by atoms with E-state index in [1.54, 1.807) is 19.1 Å². The van der Waals surface area contributed by atoms with Crippen LogP contribution in [0.5, 0.6) is 0 Å². The summed E-state index contributed by atoms with van der Waals surface area (Å²) >= 11 is 16.7. The maximum Gasteiger partial charge on any atom is 0.174 e. The molecule has 0 bridgehead atoms. The van der Waals surface area contributed by atoms with Gasteiger partial charge in [0, 0.05) is 26.3 Å². The van der Waals surface area contributed by atoms with Crippen LogP contribution >= 0.6 is 50.9 Å². The number of rotatable bonds is 6. The predicted molar refractivity (Wildman–Crippen MR) is 129 cm³/mol. The molecule has 0 saturated carbocycles. The van der Waals surface area contributed by atoms with E-state index >= 15 is 0 Å². The monoisotopic (exact) mass is 534 g/mol. The fraction of sp³-hybridized carbons (Fsp3) is 0.174. The minimum absolute atomic E-state index is 0.0740. The lowest BCUT2D eigenvalue weighted by Crippen LogP contribution is -2.27. The molecule has 0 aromatic heterocycles. The van der Waals surface area contributed by atoms with E-state index in [4.69, 9.17) is 23.2 Å². The van der Waals surface area contributed by atoms with Crippen molar-refractivity contribution in [2.75, 3.05) is 5.75 Å². The minimum Gasteiger partial charge on any atom is -0.353 e. The number of carbonyl (C=O) groups excluding carboxylic acids is 2. The lowest BCUT2D eigenvalue weighted by molar-refractivity contribution is -0.113. The molecule has 1 unspecified atom stereocenters. The molecule has 158 valence electrons. The van der Waals surface area contributed by atoms with E-state index < -0.39 is 5.92 Å². The van der Waals surface area contributed by atoms with E-state index in [0.717, 1.165) is 10.0 Å². The van der Waals surface area contributed by atoms with Gasteiger partial charge in [-0.05, 0) is 49.7 Å². The number of halogens is 3. The molecule has 0 fully saturated rings. The van der Waals surface area contributed by atoms with Crippen LogP contribution in [0.1, 0.15) is 35.7 Å². The predicted octanol–water partition coefficient (Wildman–Crippen LogP) is 6.66. The van der Waals surface area contributed by atoms with E-state index in [-0.39, 0.29) is 22.3 Å². The van der Waals surface area contributed by atoms with Gasteiger partial charge in [0.1, 0.15) is 0 Å². The Kier molecular flexibility index (Phi) is 7.66. The number of ketones is 2. The van der Waals surface area contributed by atoms with Crippen molar-refractivity contribution in [1.29, 1.82) is 5.26 Å². The fourth-order valence-electron chi connectivity index (χ4n) is 3.41. The molecule has 8 heteroatoms. The van der Waals surface area contributed by atoms with Crippen molar-refractivity contribution in [3.05, 3.63) is 90.0 Å². The Morgan fingerprint density at radius 2 is 1.87 bits per heavy atom. The quantitative estimate of drug-likeness (QED) is 0.419. The molecule has 0 radical (unpaired) electrons. The summed E-state index contributed by atoms with van der Waals surface area (Å²) < 4.78 is 0.901. The summed E-state index contributed by atoms with van der Waals surface area (Å²) in [5.74, 6) is -0.727. The molecular weight excluding hydrogens is 519 g/mol. The fourth-order valence-corrected chi connectivity index (χ4v) is 5.17. The first kappa shape index (κ1) is 23.6. The van der Waals surface area contributed by atoms with Crippen LogP contribution < -0.4 is 5.32 Å². The van der Waals surface area contributed by atoms with Crippen LogP contribution in [-0.2, 0) is 4.79 Å². The normalized spacial score (nSPS) is 16.1. The highest BCUT2D eigenvalue weighted by Crippen LogP contribution is 2.41. The molecule has 1 atom stereocenters. The number of dihydropyridines is 1. The number of benzene rings is 2. The van der Waals surface area contributed by atoms with Gasteiger partial charge in [0.2, 0.25) is 0 Å². The average molecular weight is 536 g/mol. The molecule has 2 aromatic carbocycles. The molecule has 1 aliphatic rings. The molecule has 3 rings (SSSR count). The maximum absolute atomic E-state index is 12.7. The summed E-state index contributed by atoms with van der Waals surface area (Å²) in [4.78, 5) is 25.1. The lowest BCUT2D eigenvalue weighted by Gasteiger charge is -2.29. The van der Waals surface area contributed by atoms with Crippen LogP contribution in [0.2, 0.25) is 10.0 Å². The Hall–Kier alpha value is -2.04. The van der Waals surface area contributed by atoms with Crippen molar-refractivity contribution in [2.45, 2.75) is 19.8 Å². The molecule has 0 aliphatic carbocycles. The van der Waals surface area contributed by atoms with Crippen molar-refractivity contribution in [3.63, 3.8) is 0 Å². The molecule has 2 aromatic rings. The molecule has 0 spiro atoms. The van der Waals surface area contributed by atoms with Crippen LogP contribution in [0, 0.1) is 11.3 Å². The van der Waals surface area contributed by atoms with Gasteiger partial charge in [-0.1, -0.05) is 63.0 Å². The number of hydrogen-bond donors (Lipinski definition) is 1. The molecule has 31 heavy (non-hydrogen) atoms. The molecule has 1 aliphatic heterocycles. The largest absolute Gasteiger partial charge is 0.353 e. The number of hydrogen-bond acceptors (Lipinski definition) is 5. The third-order valence-corrected chi connectivity index (χ3v) is 6.90. The highest BCUT2D eigenvalue weighted by molar-refractivity contribution is 9.10. The Labute approximate surface area is 203 Å². The molecule has 1 heterocycles. The van der Waals surface area contributed by atoms with Gasteiger partial charge in [0.15, 0.2) is 11.6 Å². The average Bonchev–Trinajstić information content (AvgIpc) is 2.71. The molecule has 0 saturated heterocycles. The Morgan fingerprint density at radius 1 is 1.19 bits per heavy atom. The van der Waals surface area contributed by atoms with Crippen LogP contribution in [0.15, 0.2) is 68.8 Å².